The lowest BCUT2D eigenvalue weighted by molar-refractivity contribution is 0.0690. The number of pyridine rings is 1. The number of nitrogen functional groups attached to an aromatic ring is 1. The minimum absolute atomic E-state index is 0.135. The molecule has 0 atom stereocenters. The van der Waals surface area contributed by atoms with Crippen molar-refractivity contribution in [2.45, 2.75) is 6.54 Å². The molecule has 3 aromatic rings. The molecule has 0 saturated heterocycles. The molecule has 0 aliphatic carbocycles. The van der Waals surface area contributed by atoms with Crippen LogP contribution < -0.4 is 5.73 Å². The van der Waals surface area contributed by atoms with Crippen molar-refractivity contribution in [3.63, 3.8) is 0 Å². The molecule has 3 rings (SSSR count). The molecule has 3 N–H and O–H groups in total. The summed E-state index contributed by atoms with van der Waals surface area (Å²) in [6.45, 7) is 0.374. The van der Waals surface area contributed by atoms with E-state index in [1.807, 2.05) is 35.0 Å². The number of rotatable bonds is 3. The molecule has 3 heterocycles. The van der Waals surface area contributed by atoms with E-state index in [9.17, 15) is 4.79 Å². The van der Waals surface area contributed by atoms with Gasteiger partial charge in [-0.2, -0.15) is 5.10 Å². The lowest BCUT2D eigenvalue weighted by Crippen LogP contribution is -2.04. The lowest BCUT2D eigenvalue weighted by Gasteiger charge is -1.95. The first kappa shape index (κ1) is 11.3. The molecule has 3 aromatic heterocycles. The third kappa shape index (κ3) is 2.01. The van der Waals surface area contributed by atoms with Gasteiger partial charge >= 0.3 is 5.97 Å². The van der Waals surface area contributed by atoms with E-state index in [-0.39, 0.29) is 11.4 Å². The Hall–Kier alpha value is -2.83. The van der Waals surface area contributed by atoms with Crippen LogP contribution in [0.15, 0.2) is 36.8 Å². The van der Waals surface area contributed by atoms with E-state index < -0.39 is 5.97 Å². The van der Waals surface area contributed by atoms with Crippen molar-refractivity contribution < 1.29 is 9.90 Å². The molecule has 19 heavy (non-hydrogen) atoms. The van der Waals surface area contributed by atoms with Crippen LogP contribution in [0.3, 0.4) is 0 Å². The van der Waals surface area contributed by atoms with Gasteiger partial charge in [0.05, 0.1) is 17.9 Å². The number of aromatic nitrogens is 4. The van der Waals surface area contributed by atoms with Crippen molar-refractivity contribution in [1.29, 1.82) is 0 Å². The van der Waals surface area contributed by atoms with E-state index in [0.717, 1.165) is 11.3 Å². The summed E-state index contributed by atoms with van der Waals surface area (Å²) in [4.78, 5) is 15.3. The first-order valence-corrected chi connectivity index (χ1v) is 5.62. The highest BCUT2D eigenvalue weighted by Gasteiger charge is 2.13. The van der Waals surface area contributed by atoms with Crippen LogP contribution in [0, 0.1) is 0 Å². The molecular weight excluding hydrogens is 246 g/mol. The summed E-state index contributed by atoms with van der Waals surface area (Å²) in [5.41, 5.74) is 7.21. The Morgan fingerprint density at radius 2 is 2.21 bits per heavy atom. The number of nitrogens with two attached hydrogens (primary N) is 1. The van der Waals surface area contributed by atoms with Crippen molar-refractivity contribution in [2.24, 2.45) is 0 Å². The Labute approximate surface area is 107 Å². The molecule has 0 aliphatic rings. The van der Waals surface area contributed by atoms with Gasteiger partial charge in [0.15, 0.2) is 5.69 Å². The molecule has 7 heteroatoms. The number of anilines is 1. The van der Waals surface area contributed by atoms with Crippen molar-refractivity contribution in [2.75, 3.05) is 5.73 Å². The van der Waals surface area contributed by atoms with Gasteiger partial charge in [-0.15, -0.1) is 0 Å². The average Bonchev–Trinajstić information content (AvgIpc) is 2.92. The maximum atomic E-state index is 10.9. The minimum Gasteiger partial charge on any atom is -0.476 e. The van der Waals surface area contributed by atoms with E-state index in [2.05, 4.69) is 10.1 Å². The Morgan fingerprint density at radius 1 is 1.37 bits per heavy atom. The lowest BCUT2D eigenvalue weighted by atomic mass is 10.4. The molecule has 0 aliphatic heterocycles. The topological polar surface area (TPSA) is 98.4 Å². The average molecular weight is 257 g/mol. The van der Waals surface area contributed by atoms with Gasteiger partial charge < -0.3 is 15.2 Å². The summed E-state index contributed by atoms with van der Waals surface area (Å²) < 4.78 is 3.36. The number of aromatic carboxylic acids is 1. The van der Waals surface area contributed by atoms with Gasteiger partial charge in [-0.25, -0.2) is 9.78 Å². The summed E-state index contributed by atoms with van der Waals surface area (Å²) in [6.07, 6.45) is 5.26. The molecule has 0 unspecified atom stereocenters. The van der Waals surface area contributed by atoms with Crippen molar-refractivity contribution in [3.8, 4) is 0 Å². The largest absolute Gasteiger partial charge is 0.476 e. The molecule has 96 valence electrons. The molecule has 0 fully saturated rings. The van der Waals surface area contributed by atoms with Crippen LogP contribution in [0.25, 0.3) is 5.65 Å². The Morgan fingerprint density at radius 3 is 2.89 bits per heavy atom. The predicted octanol–water partition coefficient (Wildman–Crippen LogP) is 0.860. The maximum absolute atomic E-state index is 10.9. The Bertz CT molecular complexity index is 725. The number of fused-ring (bicyclic) bond motifs is 1. The second kappa shape index (κ2) is 4.13. The van der Waals surface area contributed by atoms with Crippen LogP contribution in [0.2, 0.25) is 0 Å². The summed E-state index contributed by atoms with van der Waals surface area (Å²) in [5, 5.41) is 12.8. The first-order valence-electron chi connectivity index (χ1n) is 5.62. The van der Waals surface area contributed by atoms with Crippen molar-refractivity contribution >= 4 is 17.3 Å². The van der Waals surface area contributed by atoms with E-state index in [1.165, 1.54) is 10.9 Å². The smallest absolute Gasteiger partial charge is 0.358 e. The van der Waals surface area contributed by atoms with Crippen LogP contribution >= 0.6 is 0 Å². The Kier molecular flexibility index (Phi) is 2.45. The molecule has 0 saturated carbocycles. The SMILES string of the molecule is Nc1cn(Cc2cn3ccccc3n2)nc1C(=O)O. The van der Waals surface area contributed by atoms with Gasteiger partial charge in [0.25, 0.3) is 0 Å². The zero-order valence-electron chi connectivity index (χ0n) is 9.89. The summed E-state index contributed by atoms with van der Waals surface area (Å²) >= 11 is 0. The highest BCUT2D eigenvalue weighted by atomic mass is 16.4. The van der Waals surface area contributed by atoms with Gasteiger partial charge in [-0.05, 0) is 12.1 Å². The standard InChI is InChI=1S/C12H11N5O2/c13-9-7-17(15-11(9)12(18)19)6-8-5-16-4-2-1-3-10(16)14-8/h1-5,7H,6,13H2,(H,18,19). The highest BCUT2D eigenvalue weighted by Crippen LogP contribution is 2.11. The third-order valence-corrected chi connectivity index (χ3v) is 2.73. The zero-order valence-corrected chi connectivity index (χ0v) is 9.89. The monoisotopic (exact) mass is 257 g/mol. The fraction of sp³-hybridized carbons (Fsp3) is 0.0833. The van der Waals surface area contributed by atoms with Crippen molar-refractivity contribution in [1.82, 2.24) is 19.2 Å². The number of nitrogens with zero attached hydrogens (tertiary/aromatic N) is 4. The van der Waals surface area contributed by atoms with Crippen LogP contribution in [0.1, 0.15) is 16.2 Å². The normalized spacial score (nSPS) is 10.9. The van der Waals surface area contributed by atoms with Gasteiger partial charge in [-0.1, -0.05) is 6.07 Å². The van der Waals surface area contributed by atoms with E-state index >= 15 is 0 Å². The fourth-order valence-corrected chi connectivity index (χ4v) is 1.91. The molecule has 0 amide bonds. The quantitative estimate of drug-likeness (QED) is 0.725. The number of hydrogen-bond donors (Lipinski definition) is 2. The van der Waals surface area contributed by atoms with Gasteiger partial charge in [-0.3, -0.25) is 4.68 Å². The van der Waals surface area contributed by atoms with E-state index in [1.54, 1.807) is 0 Å². The fourth-order valence-electron chi connectivity index (χ4n) is 1.91. The maximum Gasteiger partial charge on any atom is 0.358 e. The van der Waals surface area contributed by atoms with Gasteiger partial charge in [0.2, 0.25) is 0 Å². The van der Waals surface area contributed by atoms with Gasteiger partial charge in [0.1, 0.15) is 5.65 Å². The number of hydrogen-bond acceptors (Lipinski definition) is 4. The summed E-state index contributed by atoms with van der Waals surface area (Å²) in [5.74, 6) is -1.13. The Balaban J connectivity index is 1.92. The molecule has 0 spiro atoms. The van der Waals surface area contributed by atoms with Gasteiger partial charge in [0, 0.05) is 18.6 Å². The second-order valence-electron chi connectivity index (χ2n) is 4.13. The highest BCUT2D eigenvalue weighted by molar-refractivity contribution is 5.91. The van der Waals surface area contributed by atoms with E-state index in [4.69, 9.17) is 10.8 Å². The number of carboxylic acid groups (broad SMARTS) is 1. The van der Waals surface area contributed by atoms with Crippen molar-refractivity contribution in [3.05, 3.63) is 48.2 Å². The first-order chi connectivity index (χ1) is 9.13. The van der Waals surface area contributed by atoms with Crippen LogP contribution in [0.5, 0.6) is 0 Å². The number of carboxylic acids is 1. The molecule has 0 bridgehead atoms. The minimum atomic E-state index is -1.13. The van der Waals surface area contributed by atoms with Crippen LogP contribution in [0.4, 0.5) is 5.69 Å². The molecule has 7 nitrogen and oxygen atoms in total. The van der Waals surface area contributed by atoms with Crippen LogP contribution in [-0.2, 0) is 6.54 Å². The number of imidazole rings is 1. The number of carbonyl (C=O) groups is 1. The third-order valence-electron chi connectivity index (χ3n) is 2.73. The summed E-state index contributed by atoms with van der Waals surface area (Å²) in [6, 6.07) is 5.71. The second-order valence-corrected chi connectivity index (χ2v) is 4.13. The van der Waals surface area contributed by atoms with Crippen LogP contribution in [-0.4, -0.2) is 30.2 Å². The molecule has 0 radical (unpaired) electrons. The summed E-state index contributed by atoms with van der Waals surface area (Å²) in [7, 11) is 0. The zero-order chi connectivity index (χ0) is 13.4. The predicted molar refractivity (Wildman–Crippen MR) is 67.9 cm³/mol. The molecule has 0 aromatic carbocycles. The van der Waals surface area contributed by atoms with E-state index in [0.29, 0.717) is 6.54 Å². The molecular formula is C12H11N5O2.